The van der Waals surface area contributed by atoms with Crippen LogP contribution in [0.15, 0.2) is 66.2 Å². The third-order valence-corrected chi connectivity index (χ3v) is 6.96. The number of hydrogen-bond acceptors (Lipinski definition) is 4. The van der Waals surface area contributed by atoms with E-state index in [1.165, 1.54) is 0 Å². The zero-order chi connectivity index (χ0) is 20.7. The van der Waals surface area contributed by atoms with Crippen molar-refractivity contribution in [3.63, 3.8) is 0 Å². The lowest BCUT2D eigenvalue weighted by Crippen LogP contribution is -2.35. The molecule has 0 aromatic heterocycles. The fourth-order valence-electron chi connectivity index (χ4n) is 5.86. The van der Waals surface area contributed by atoms with Gasteiger partial charge in [-0.05, 0) is 42.7 Å². The van der Waals surface area contributed by atoms with Gasteiger partial charge < -0.3 is 9.47 Å². The Balaban J connectivity index is 1.46. The van der Waals surface area contributed by atoms with E-state index in [0.717, 1.165) is 24.0 Å². The van der Waals surface area contributed by atoms with Crippen LogP contribution >= 0.6 is 0 Å². The lowest BCUT2D eigenvalue weighted by atomic mass is 9.77. The van der Waals surface area contributed by atoms with E-state index in [0.29, 0.717) is 24.4 Å². The molecule has 0 aliphatic heterocycles. The highest BCUT2D eigenvalue weighted by molar-refractivity contribution is 6.30. The lowest BCUT2D eigenvalue weighted by Gasteiger charge is -2.32. The maximum absolute atomic E-state index is 13.5. The molecule has 3 aliphatic rings. The van der Waals surface area contributed by atoms with Crippen LogP contribution in [-0.2, 0) is 25.7 Å². The molecule has 5 rings (SSSR count). The normalized spacial score (nSPS) is 29.4. The summed E-state index contributed by atoms with van der Waals surface area (Å²) in [6.45, 7) is 2.67. The summed E-state index contributed by atoms with van der Waals surface area (Å²) in [5, 5.41) is 0. The van der Waals surface area contributed by atoms with Crippen molar-refractivity contribution in [3.8, 4) is 0 Å². The fourth-order valence-corrected chi connectivity index (χ4v) is 5.86. The number of fused-ring (bicyclic) bond motifs is 5. The van der Waals surface area contributed by atoms with E-state index in [1.807, 2.05) is 55.5 Å². The first kappa shape index (κ1) is 19.3. The summed E-state index contributed by atoms with van der Waals surface area (Å²) in [5.74, 6) is 0.0366. The summed E-state index contributed by atoms with van der Waals surface area (Å²) in [7, 11) is 0. The Labute approximate surface area is 176 Å². The number of carbonyl (C=O) groups excluding carboxylic acids is 2. The number of allylic oxidation sites excluding steroid dienone is 1. The number of Topliss-reactive ketones (excluding diaryl/α,β-unsaturated/α-hetero) is 1. The topological polar surface area (TPSA) is 52.6 Å². The van der Waals surface area contributed by atoms with Gasteiger partial charge in [0.15, 0.2) is 5.78 Å². The Morgan fingerprint density at radius 1 is 0.967 bits per heavy atom. The second kappa shape index (κ2) is 7.84. The SMILES string of the molecule is CCOC(=O)C1=C(c2ccccc2)C(=O)[C@H]2[C@H]3C[C@@H]([C@@H]12)[C@@H](OCc1ccccc1)C3. The predicted molar refractivity (Wildman–Crippen MR) is 113 cm³/mol. The second-order valence-electron chi connectivity index (χ2n) is 8.52. The van der Waals surface area contributed by atoms with Crippen molar-refractivity contribution in [2.24, 2.45) is 23.7 Å². The zero-order valence-corrected chi connectivity index (χ0v) is 17.1. The van der Waals surface area contributed by atoms with Gasteiger partial charge in [0.2, 0.25) is 0 Å². The van der Waals surface area contributed by atoms with Crippen molar-refractivity contribution in [1.82, 2.24) is 0 Å². The van der Waals surface area contributed by atoms with Crippen LogP contribution in [-0.4, -0.2) is 24.5 Å². The van der Waals surface area contributed by atoms with E-state index in [9.17, 15) is 9.59 Å². The third-order valence-electron chi connectivity index (χ3n) is 6.96. The molecule has 3 aliphatic carbocycles. The van der Waals surface area contributed by atoms with Gasteiger partial charge in [0.25, 0.3) is 0 Å². The Morgan fingerprint density at radius 2 is 1.67 bits per heavy atom. The molecular formula is C26H26O4. The van der Waals surface area contributed by atoms with E-state index in [2.05, 4.69) is 12.1 Å². The van der Waals surface area contributed by atoms with Crippen LogP contribution in [0.2, 0.25) is 0 Å². The predicted octanol–water partition coefficient (Wildman–Crippen LogP) is 4.44. The van der Waals surface area contributed by atoms with E-state index < -0.39 is 0 Å². The number of hydrogen-bond donors (Lipinski definition) is 0. The molecule has 0 radical (unpaired) electrons. The standard InChI is InChI=1S/C26H26O4/c1-2-29-26(28)24-21(17-11-7-4-8-12-17)25(27)22-18-13-19(23(22)24)20(14-18)30-15-16-9-5-3-6-10-16/h3-12,18-20,22-23H,2,13-15H2,1H3/t18-,19+,20-,22-,23+/m0/s1. The number of benzene rings is 2. The quantitative estimate of drug-likeness (QED) is 0.670. The molecule has 0 saturated heterocycles. The van der Waals surface area contributed by atoms with E-state index in [4.69, 9.17) is 9.47 Å². The zero-order valence-electron chi connectivity index (χ0n) is 17.1. The molecule has 0 amide bonds. The minimum Gasteiger partial charge on any atom is -0.463 e. The number of carbonyl (C=O) groups is 2. The van der Waals surface area contributed by atoms with Gasteiger partial charge in [-0.1, -0.05) is 60.7 Å². The summed E-state index contributed by atoms with van der Waals surface area (Å²) >= 11 is 0. The molecule has 30 heavy (non-hydrogen) atoms. The molecule has 2 bridgehead atoms. The Morgan fingerprint density at radius 3 is 2.37 bits per heavy atom. The van der Waals surface area contributed by atoms with Crippen LogP contribution < -0.4 is 0 Å². The van der Waals surface area contributed by atoms with Gasteiger partial charge in [0.05, 0.1) is 24.9 Å². The highest BCUT2D eigenvalue weighted by atomic mass is 16.5. The largest absolute Gasteiger partial charge is 0.463 e. The van der Waals surface area contributed by atoms with Crippen molar-refractivity contribution >= 4 is 17.3 Å². The third kappa shape index (κ3) is 3.10. The van der Waals surface area contributed by atoms with E-state index >= 15 is 0 Å². The first-order valence-corrected chi connectivity index (χ1v) is 10.9. The molecule has 2 aromatic rings. The summed E-state index contributed by atoms with van der Waals surface area (Å²) in [4.78, 5) is 26.5. The summed E-state index contributed by atoms with van der Waals surface area (Å²) in [6, 6.07) is 19.7. The molecule has 2 aromatic carbocycles. The highest BCUT2D eigenvalue weighted by Gasteiger charge is 2.62. The summed E-state index contributed by atoms with van der Waals surface area (Å²) in [6.07, 6.45) is 1.91. The Hall–Kier alpha value is -2.72. The molecule has 0 unspecified atom stereocenters. The molecular weight excluding hydrogens is 376 g/mol. The van der Waals surface area contributed by atoms with Crippen LogP contribution in [0.3, 0.4) is 0 Å². The Kier molecular flexibility index (Phi) is 5.03. The summed E-state index contributed by atoms with van der Waals surface area (Å²) in [5.41, 5.74) is 3.12. The van der Waals surface area contributed by atoms with Gasteiger partial charge in [-0.25, -0.2) is 4.79 Å². The molecule has 4 heteroatoms. The molecule has 0 heterocycles. The minimum absolute atomic E-state index is 0.0730. The van der Waals surface area contributed by atoms with E-state index in [1.54, 1.807) is 0 Å². The van der Waals surface area contributed by atoms with Gasteiger partial charge in [-0.3, -0.25) is 4.79 Å². The Bertz CT molecular complexity index is 979. The van der Waals surface area contributed by atoms with Crippen molar-refractivity contribution < 1.29 is 19.1 Å². The molecule has 5 atom stereocenters. The molecule has 154 valence electrons. The van der Waals surface area contributed by atoms with Crippen LogP contribution in [0.1, 0.15) is 30.9 Å². The van der Waals surface area contributed by atoms with Crippen LogP contribution in [0.4, 0.5) is 0 Å². The number of esters is 1. The van der Waals surface area contributed by atoms with Crippen molar-refractivity contribution in [2.75, 3.05) is 6.61 Å². The first-order chi connectivity index (χ1) is 14.7. The number of ketones is 1. The number of ether oxygens (including phenoxy) is 2. The van der Waals surface area contributed by atoms with Crippen LogP contribution in [0.5, 0.6) is 0 Å². The van der Waals surface area contributed by atoms with Gasteiger partial charge in [0, 0.05) is 17.4 Å². The van der Waals surface area contributed by atoms with E-state index in [-0.39, 0.29) is 41.5 Å². The monoisotopic (exact) mass is 402 g/mol. The average Bonchev–Trinajstić information content (AvgIpc) is 3.44. The second-order valence-corrected chi connectivity index (χ2v) is 8.52. The summed E-state index contributed by atoms with van der Waals surface area (Å²) < 4.78 is 11.7. The fraction of sp³-hybridized carbons (Fsp3) is 0.385. The smallest absolute Gasteiger partial charge is 0.335 e. The number of rotatable bonds is 6. The van der Waals surface area contributed by atoms with Crippen LogP contribution in [0, 0.1) is 23.7 Å². The molecule has 4 nitrogen and oxygen atoms in total. The van der Waals surface area contributed by atoms with Crippen molar-refractivity contribution in [1.29, 1.82) is 0 Å². The maximum atomic E-state index is 13.5. The maximum Gasteiger partial charge on any atom is 0.335 e. The van der Waals surface area contributed by atoms with Crippen LogP contribution in [0.25, 0.3) is 5.57 Å². The van der Waals surface area contributed by atoms with Gasteiger partial charge in [-0.2, -0.15) is 0 Å². The molecule has 2 saturated carbocycles. The lowest BCUT2D eigenvalue weighted by molar-refractivity contribution is -0.139. The van der Waals surface area contributed by atoms with Gasteiger partial charge >= 0.3 is 5.97 Å². The molecule has 0 N–H and O–H groups in total. The van der Waals surface area contributed by atoms with Crippen molar-refractivity contribution in [3.05, 3.63) is 77.4 Å². The van der Waals surface area contributed by atoms with Gasteiger partial charge in [-0.15, -0.1) is 0 Å². The minimum atomic E-state index is -0.341. The van der Waals surface area contributed by atoms with Gasteiger partial charge in [0.1, 0.15) is 0 Å². The van der Waals surface area contributed by atoms with Crippen molar-refractivity contribution in [2.45, 2.75) is 32.5 Å². The highest BCUT2D eigenvalue weighted by Crippen LogP contribution is 2.61. The molecule has 2 fully saturated rings. The first-order valence-electron chi connectivity index (χ1n) is 10.9. The average molecular weight is 402 g/mol. The molecule has 0 spiro atoms.